The molecule has 72 valence electrons. The van der Waals surface area contributed by atoms with Gasteiger partial charge in [0.15, 0.2) is 0 Å². The Bertz CT molecular complexity index is 117. The number of amides is 2. The van der Waals surface area contributed by atoms with Crippen LogP contribution in [0.15, 0.2) is 0 Å². The molecule has 0 heterocycles. The van der Waals surface area contributed by atoms with Crippen molar-refractivity contribution in [2.24, 2.45) is 5.73 Å². The molecule has 0 spiro atoms. The molecule has 0 aliphatic rings. The molecule has 0 fully saturated rings. The molecule has 0 radical (unpaired) electrons. The predicted octanol–water partition coefficient (Wildman–Crippen LogP) is 1.13. The summed E-state index contributed by atoms with van der Waals surface area (Å²) >= 11 is 0. The Labute approximate surface area is 73.9 Å². The molecule has 2 amide bonds. The van der Waals surface area contributed by atoms with E-state index in [2.05, 4.69) is 17.8 Å². The van der Waals surface area contributed by atoms with Gasteiger partial charge in [0.1, 0.15) is 0 Å². The number of urea groups is 1. The molecular formula is C8H19N3O. The quantitative estimate of drug-likeness (QED) is 0.399. The number of hydrogen-bond donors (Lipinski definition) is 3. The molecule has 12 heavy (non-hydrogen) atoms. The first kappa shape index (κ1) is 11.2. The third-order valence-corrected chi connectivity index (χ3v) is 1.62. The Morgan fingerprint density at radius 2 is 1.92 bits per heavy atom. The van der Waals surface area contributed by atoms with Crippen molar-refractivity contribution >= 4 is 6.03 Å². The van der Waals surface area contributed by atoms with E-state index >= 15 is 0 Å². The summed E-state index contributed by atoms with van der Waals surface area (Å²) in [5.41, 5.74) is 9.90. The van der Waals surface area contributed by atoms with Crippen LogP contribution < -0.4 is 16.6 Å². The van der Waals surface area contributed by atoms with Crippen LogP contribution >= 0.6 is 0 Å². The van der Waals surface area contributed by atoms with Gasteiger partial charge >= 0.3 is 6.03 Å². The molecule has 4 N–H and O–H groups in total. The van der Waals surface area contributed by atoms with Crippen LogP contribution in [0.5, 0.6) is 0 Å². The largest absolute Gasteiger partial charge is 0.351 e. The molecule has 4 heteroatoms. The van der Waals surface area contributed by atoms with Crippen LogP contribution in [0.25, 0.3) is 0 Å². The van der Waals surface area contributed by atoms with Crippen molar-refractivity contribution in [2.75, 3.05) is 6.54 Å². The molecular weight excluding hydrogens is 154 g/mol. The van der Waals surface area contributed by atoms with Gasteiger partial charge in [-0.2, -0.15) is 0 Å². The molecule has 0 aromatic heterocycles. The maximum absolute atomic E-state index is 10.2. The maximum Gasteiger partial charge on any atom is 0.326 e. The fourth-order valence-corrected chi connectivity index (χ4v) is 0.967. The highest BCUT2D eigenvalue weighted by molar-refractivity contribution is 5.70. The Hall–Kier alpha value is -0.770. The minimum absolute atomic E-state index is 0.524. The number of hydrazine groups is 1. The fraction of sp³-hybridized carbons (Fsp3) is 0.875. The van der Waals surface area contributed by atoms with Crippen LogP contribution in [0.3, 0.4) is 0 Å². The van der Waals surface area contributed by atoms with Gasteiger partial charge in [-0.1, -0.05) is 32.6 Å². The molecule has 0 bridgehead atoms. The van der Waals surface area contributed by atoms with Crippen LogP contribution in [-0.4, -0.2) is 12.6 Å². The van der Waals surface area contributed by atoms with Crippen molar-refractivity contribution in [2.45, 2.75) is 39.0 Å². The summed E-state index contributed by atoms with van der Waals surface area (Å²) in [5.74, 6) is 0. The van der Waals surface area contributed by atoms with E-state index in [1.807, 2.05) is 0 Å². The van der Waals surface area contributed by atoms with Gasteiger partial charge in [-0.05, 0) is 6.42 Å². The van der Waals surface area contributed by atoms with E-state index in [4.69, 9.17) is 5.73 Å². The Morgan fingerprint density at radius 3 is 2.50 bits per heavy atom. The number of nitrogens with two attached hydrogens (primary N) is 1. The van der Waals surface area contributed by atoms with Crippen LogP contribution in [0.2, 0.25) is 0 Å². The lowest BCUT2D eigenvalue weighted by Crippen LogP contribution is -2.41. The van der Waals surface area contributed by atoms with Crippen LogP contribution in [0, 0.1) is 0 Å². The summed E-state index contributed by atoms with van der Waals surface area (Å²) in [5, 5.41) is 0. The van der Waals surface area contributed by atoms with E-state index in [-0.39, 0.29) is 0 Å². The minimum Gasteiger partial charge on any atom is -0.351 e. The van der Waals surface area contributed by atoms with Gasteiger partial charge in [-0.3, -0.25) is 5.43 Å². The van der Waals surface area contributed by atoms with Gasteiger partial charge in [0.25, 0.3) is 0 Å². The molecule has 0 aromatic carbocycles. The molecule has 0 aromatic rings. The van der Waals surface area contributed by atoms with Crippen molar-refractivity contribution in [3.8, 4) is 0 Å². The lowest BCUT2D eigenvalue weighted by molar-refractivity contribution is 0.244. The van der Waals surface area contributed by atoms with Crippen LogP contribution in [-0.2, 0) is 0 Å². The monoisotopic (exact) mass is 173 g/mol. The fourth-order valence-electron chi connectivity index (χ4n) is 0.967. The molecule has 4 nitrogen and oxygen atoms in total. The molecule has 0 atom stereocenters. The molecule has 0 unspecified atom stereocenters. The van der Waals surface area contributed by atoms with Gasteiger partial charge in [-0.25, -0.2) is 10.2 Å². The predicted molar refractivity (Wildman–Crippen MR) is 49.5 cm³/mol. The van der Waals surface area contributed by atoms with Crippen LogP contribution in [0.4, 0.5) is 4.79 Å². The second-order valence-corrected chi connectivity index (χ2v) is 2.83. The van der Waals surface area contributed by atoms with Gasteiger partial charge in [-0.15, -0.1) is 0 Å². The number of nitrogens with one attached hydrogen (secondary N) is 2. The summed E-state index contributed by atoms with van der Waals surface area (Å²) in [7, 11) is 0. The number of unbranched alkanes of at least 4 members (excludes halogenated alkanes) is 4. The van der Waals surface area contributed by atoms with Crippen LogP contribution in [0.1, 0.15) is 39.0 Å². The van der Waals surface area contributed by atoms with E-state index in [0.717, 1.165) is 13.0 Å². The van der Waals surface area contributed by atoms with Crippen molar-refractivity contribution in [1.29, 1.82) is 0 Å². The van der Waals surface area contributed by atoms with E-state index in [0.29, 0.717) is 0 Å². The topological polar surface area (TPSA) is 67.2 Å². The van der Waals surface area contributed by atoms with Gasteiger partial charge in [0.2, 0.25) is 0 Å². The average molecular weight is 173 g/mol. The van der Waals surface area contributed by atoms with Gasteiger partial charge in [0.05, 0.1) is 0 Å². The summed E-state index contributed by atoms with van der Waals surface area (Å²) in [6, 6.07) is -0.524. The van der Waals surface area contributed by atoms with Crippen molar-refractivity contribution < 1.29 is 4.79 Å². The van der Waals surface area contributed by atoms with Gasteiger partial charge in [0, 0.05) is 6.54 Å². The zero-order valence-corrected chi connectivity index (χ0v) is 7.73. The molecule has 0 saturated heterocycles. The number of carbonyl (C=O) groups is 1. The average Bonchev–Trinajstić information content (AvgIpc) is 2.02. The highest BCUT2D eigenvalue weighted by Crippen LogP contribution is 2.00. The van der Waals surface area contributed by atoms with Crippen molar-refractivity contribution in [3.63, 3.8) is 0 Å². The third-order valence-electron chi connectivity index (χ3n) is 1.62. The van der Waals surface area contributed by atoms with E-state index < -0.39 is 6.03 Å². The van der Waals surface area contributed by atoms with Crippen molar-refractivity contribution in [1.82, 2.24) is 10.9 Å². The number of rotatable bonds is 7. The standard InChI is InChI=1S/C8H19N3O/c1-2-3-4-5-6-7-10-11-8(9)12/h10H,2-7H2,1H3,(H3,9,11,12). The second-order valence-electron chi connectivity index (χ2n) is 2.83. The first-order valence-electron chi connectivity index (χ1n) is 4.55. The molecule has 0 rings (SSSR count). The van der Waals surface area contributed by atoms with E-state index in [1.54, 1.807) is 0 Å². The summed E-state index contributed by atoms with van der Waals surface area (Å²) in [6.45, 7) is 2.99. The first-order chi connectivity index (χ1) is 5.77. The zero-order valence-electron chi connectivity index (χ0n) is 7.73. The van der Waals surface area contributed by atoms with E-state index in [1.165, 1.54) is 25.7 Å². The number of hydrogen-bond acceptors (Lipinski definition) is 2. The molecule has 0 aliphatic heterocycles. The molecule has 0 aliphatic carbocycles. The summed E-state index contributed by atoms with van der Waals surface area (Å²) < 4.78 is 0. The lowest BCUT2D eigenvalue weighted by atomic mass is 10.2. The van der Waals surface area contributed by atoms with E-state index in [9.17, 15) is 4.79 Å². The molecule has 0 saturated carbocycles. The Morgan fingerprint density at radius 1 is 1.25 bits per heavy atom. The minimum atomic E-state index is -0.524. The normalized spacial score (nSPS) is 9.75. The second kappa shape index (κ2) is 8.33. The highest BCUT2D eigenvalue weighted by atomic mass is 16.2. The Kier molecular flexibility index (Phi) is 7.79. The zero-order chi connectivity index (χ0) is 9.23. The summed E-state index contributed by atoms with van der Waals surface area (Å²) in [6.07, 6.45) is 6.12. The SMILES string of the molecule is CCCCCCCNNC(N)=O. The highest BCUT2D eigenvalue weighted by Gasteiger charge is 1.90. The lowest BCUT2D eigenvalue weighted by Gasteiger charge is -2.03. The van der Waals surface area contributed by atoms with Gasteiger partial charge < -0.3 is 5.73 Å². The smallest absolute Gasteiger partial charge is 0.326 e. The number of primary amides is 1. The van der Waals surface area contributed by atoms with Crippen molar-refractivity contribution in [3.05, 3.63) is 0 Å². The summed E-state index contributed by atoms with van der Waals surface area (Å²) in [4.78, 5) is 10.2. The Balaban J connectivity index is 2.86. The maximum atomic E-state index is 10.2. The third kappa shape index (κ3) is 9.23. The first-order valence-corrected chi connectivity index (χ1v) is 4.55. The number of carbonyl (C=O) groups excluding carboxylic acids is 1.